The molecular formula is C11H17FN2O4. The molecule has 0 spiro atoms. The van der Waals surface area contributed by atoms with E-state index in [2.05, 4.69) is 5.10 Å². The third-order valence-corrected chi connectivity index (χ3v) is 2.80. The monoisotopic (exact) mass is 260 g/mol. The van der Waals surface area contributed by atoms with Crippen LogP contribution < -0.4 is 0 Å². The van der Waals surface area contributed by atoms with Crippen LogP contribution in [0.4, 0.5) is 4.39 Å². The summed E-state index contributed by atoms with van der Waals surface area (Å²) in [6, 6.07) is 1.55. The molecule has 6 nitrogen and oxygen atoms in total. The molecule has 18 heavy (non-hydrogen) atoms. The molecule has 0 aromatic carbocycles. The Morgan fingerprint density at radius 3 is 2.89 bits per heavy atom. The van der Waals surface area contributed by atoms with Crippen LogP contribution in [0.1, 0.15) is 20.1 Å². The summed E-state index contributed by atoms with van der Waals surface area (Å²) >= 11 is 0. The van der Waals surface area contributed by atoms with Gasteiger partial charge in [-0.25, -0.2) is 9.07 Å². The lowest BCUT2D eigenvalue weighted by Gasteiger charge is -2.41. The molecule has 2 rings (SSSR count). The molecule has 2 heterocycles. The van der Waals surface area contributed by atoms with Crippen molar-refractivity contribution in [2.45, 2.75) is 44.2 Å². The van der Waals surface area contributed by atoms with Crippen molar-refractivity contribution in [3.63, 3.8) is 0 Å². The van der Waals surface area contributed by atoms with E-state index in [0.29, 0.717) is 0 Å². The van der Waals surface area contributed by atoms with Gasteiger partial charge in [0.25, 0.3) is 0 Å². The highest BCUT2D eigenvalue weighted by Crippen LogP contribution is 2.28. The second-order valence-corrected chi connectivity index (χ2v) is 4.71. The quantitative estimate of drug-likeness (QED) is 0.813. The second-order valence-electron chi connectivity index (χ2n) is 4.71. The molecule has 0 radical (unpaired) electrons. The van der Waals surface area contributed by atoms with E-state index in [0.717, 1.165) is 4.68 Å². The maximum atomic E-state index is 14.0. The van der Waals surface area contributed by atoms with Crippen molar-refractivity contribution in [2.24, 2.45) is 0 Å². The summed E-state index contributed by atoms with van der Waals surface area (Å²) in [5.74, 6) is -0.964. The van der Waals surface area contributed by atoms with E-state index in [9.17, 15) is 14.6 Å². The van der Waals surface area contributed by atoms with E-state index >= 15 is 0 Å². The van der Waals surface area contributed by atoms with Gasteiger partial charge in [-0.2, -0.15) is 5.10 Å². The Morgan fingerprint density at radius 2 is 2.28 bits per heavy atom. The van der Waals surface area contributed by atoms with Gasteiger partial charge < -0.3 is 19.7 Å². The van der Waals surface area contributed by atoms with Crippen molar-refractivity contribution in [3.05, 3.63) is 18.5 Å². The van der Waals surface area contributed by atoms with Crippen molar-refractivity contribution in [1.29, 1.82) is 0 Å². The Labute approximate surface area is 104 Å². The van der Waals surface area contributed by atoms with E-state index in [1.54, 1.807) is 19.9 Å². The predicted octanol–water partition coefficient (Wildman–Crippen LogP) is 0.224. The van der Waals surface area contributed by atoms with Crippen LogP contribution in [0.25, 0.3) is 0 Å². The fraction of sp³-hybridized carbons (Fsp3) is 0.727. The molecule has 1 aliphatic heterocycles. The first kappa shape index (κ1) is 13.4. The molecule has 2 unspecified atom stereocenters. The summed E-state index contributed by atoms with van der Waals surface area (Å²) in [4.78, 5) is 0. The zero-order valence-corrected chi connectivity index (χ0v) is 10.2. The van der Waals surface area contributed by atoms with Gasteiger partial charge in [-0.05, 0) is 19.9 Å². The average molecular weight is 260 g/mol. The summed E-state index contributed by atoms with van der Waals surface area (Å²) in [5.41, 5.74) is 0. The number of aliphatic hydroxyl groups is 2. The van der Waals surface area contributed by atoms with Crippen LogP contribution in [-0.2, 0) is 9.47 Å². The van der Waals surface area contributed by atoms with E-state index in [1.165, 1.54) is 12.4 Å². The number of hydrogen-bond donors (Lipinski definition) is 2. The molecule has 1 fully saturated rings. The average Bonchev–Trinajstić information content (AvgIpc) is 2.84. The lowest BCUT2D eigenvalue weighted by Crippen LogP contribution is -2.55. The van der Waals surface area contributed by atoms with Crippen LogP contribution in [0.2, 0.25) is 0 Å². The minimum Gasteiger partial charge on any atom is -0.388 e. The van der Waals surface area contributed by atoms with Crippen molar-refractivity contribution in [3.8, 4) is 0 Å². The number of aromatic nitrogens is 2. The minimum atomic E-state index is -1.78. The van der Waals surface area contributed by atoms with Gasteiger partial charge in [0, 0.05) is 12.4 Å². The third kappa shape index (κ3) is 2.69. The van der Waals surface area contributed by atoms with E-state index < -0.39 is 30.4 Å². The highest BCUT2D eigenvalue weighted by molar-refractivity contribution is 4.88. The first-order valence-corrected chi connectivity index (χ1v) is 5.72. The molecule has 0 bridgehead atoms. The number of hydrogen-bond acceptors (Lipinski definition) is 5. The fourth-order valence-electron chi connectivity index (χ4n) is 1.86. The molecule has 0 saturated carbocycles. The maximum Gasteiger partial charge on any atom is 0.219 e. The molecule has 102 valence electrons. The fourth-order valence-corrected chi connectivity index (χ4v) is 1.86. The Kier molecular flexibility index (Phi) is 3.67. The van der Waals surface area contributed by atoms with Crippen LogP contribution in [0.15, 0.2) is 18.5 Å². The van der Waals surface area contributed by atoms with Gasteiger partial charge in [0.2, 0.25) is 6.30 Å². The predicted molar refractivity (Wildman–Crippen MR) is 59.3 cm³/mol. The maximum absolute atomic E-state index is 14.0. The molecule has 1 aliphatic rings. The Bertz CT molecular complexity index is 384. The Hall–Kier alpha value is -1.02. The van der Waals surface area contributed by atoms with Gasteiger partial charge in [0.05, 0.1) is 6.61 Å². The highest BCUT2D eigenvalue weighted by atomic mass is 19.1. The summed E-state index contributed by atoms with van der Waals surface area (Å²) in [5, 5.41) is 23.4. The van der Waals surface area contributed by atoms with Crippen molar-refractivity contribution >= 4 is 0 Å². The smallest absolute Gasteiger partial charge is 0.219 e. The standard InChI is InChI=1S/C11H17FN2O4/c1-11(2)17-6-7(15)9(18-11)8(16)10(12)14-5-3-4-13-14/h3-5,7-10,15-16H,6H2,1-2H3/t7?,8?,9-,10+/m1/s1. The van der Waals surface area contributed by atoms with Gasteiger partial charge >= 0.3 is 0 Å². The van der Waals surface area contributed by atoms with E-state index in [-0.39, 0.29) is 6.61 Å². The van der Waals surface area contributed by atoms with Gasteiger partial charge in [0.15, 0.2) is 5.79 Å². The molecule has 0 aliphatic carbocycles. The zero-order valence-electron chi connectivity index (χ0n) is 10.2. The van der Waals surface area contributed by atoms with Crippen molar-refractivity contribution in [2.75, 3.05) is 6.61 Å². The summed E-state index contributed by atoms with van der Waals surface area (Å²) in [6.07, 6.45) is -2.65. The van der Waals surface area contributed by atoms with Gasteiger partial charge in [0.1, 0.15) is 18.3 Å². The van der Waals surface area contributed by atoms with E-state index in [1.807, 2.05) is 0 Å². The molecule has 1 aromatic heterocycles. The van der Waals surface area contributed by atoms with Crippen LogP contribution >= 0.6 is 0 Å². The number of alkyl halides is 1. The molecule has 4 atom stereocenters. The topological polar surface area (TPSA) is 76.7 Å². The minimum absolute atomic E-state index is 0.0133. The number of aliphatic hydroxyl groups excluding tert-OH is 2. The molecular weight excluding hydrogens is 243 g/mol. The molecule has 2 N–H and O–H groups in total. The Morgan fingerprint density at radius 1 is 1.56 bits per heavy atom. The van der Waals surface area contributed by atoms with Gasteiger partial charge in [-0.15, -0.1) is 0 Å². The van der Waals surface area contributed by atoms with Crippen LogP contribution in [0.5, 0.6) is 0 Å². The molecule has 1 saturated heterocycles. The number of nitrogens with zero attached hydrogens (tertiary/aromatic N) is 2. The van der Waals surface area contributed by atoms with Crippen LogP contribution in [-0.4, -0.2) is 50.7 Å². The third-order valence-electron chi connectivity index (χ3n) is 2.80. The molecule has 1 aromatic rings. The summed E-state index contributed by atoms with van der Waals surface area (Å²) in [7, 11) is 0. The lowest BCUT2D eigenvalue weighted by atomic mass is 10.1. The van der Waals surface area contributed by atoms with Crippen molar-refractivity contribution < 1.29 is 24.1 Å². The van der Waals surface area contributed by atoms with Crippen molar-refractivity contribution in [1.82, 2.24) is 9.78 Å². The zero-order chi connectivity index (χ0) is 13.3. The van der Waals surface area contributed by atoms with Crippen LogP contribution in [0, 0.1) is 0 Å². The lowest BCUT2D eigenvalue weighted by molar-refractivity contribution is -0.324. The van der Waals surface area contributed by atoms with Gasteiger partial charge in [-0.3, -0.25) is 0 Å². The number of rotatable bonds is 3. The molecule has 7 heteroatoms. The van der Waals surface area contributed by atoms with E-state index in [4.69, 9.17) is 9.47 Å². The Balaban J connectivity index is 2.09. The first-order valence-electron chi connectivity index (χ1n) is 5.72. The second kappa shape index (κ2) is 4.93. The first-order chi connectivity index (χ1) is 8.41. The number of ether oxygens (including phenoxy) is 2. The highest BCUT2D eigenvalue weighted by Gasteiger charge is 2.43. The molecule has 0 amide bonds. The SMILES string of the molecule is CC1(C)OCC(O)[C@H](C(O)[C@@H](F)n2cccn2)O1. The number of halogens is 1. The largest absolute Gasteiger partial charge is 0.388 e. The van der Waals surface area contributed by atoms with Crippen LogP contribution in [0.3, 0.4) is 0 Å². The normalized spacial score (nSPS) is 30.9. The summed E-state index contributed by atoms with van der Waals surface area (Å²) in [6.45, 7) is 3.26. The van der Waals surface area contributed by atoms with Gasteiger partial charge in [-0.1, -0.05) is 0 Å². The summed E-state index contributed by atoms with van der Waals surface area (Å²) < 4.78 is 25.5.